The number of aliphatic carboxylic acids is 1. The molecule has 1 unspecified atom stereocenters. The van der Waals surface area contributed by atoms with Crippen molar-refractivity contribution in [2.45, 2.75) is 19.9 Å². The van der Waals surface area contributed by atoms with E-state index in [4.69, 9.17) is 4.74 Å². The van der Waals surface area contributed by atoms with Crippen LogP contribution in [-0.2, 0) is 14.3 Å². The fourth-order valence-electron chi connectivity index (χ4n) is 1.56. The van der Waals surface area contributed by atoms with E-state index in [1.807, 2.05) is 6.07 Å². The molecule has 1 aromatic rings. The van der Waals surface area contributed by atoms with Crippen LogP contribution in [0, 0.1) is 0 Å². The number of rotatable bonds is 6. The third kappa shape index (κ3) is 4.83. The van der Waals surface area contributed by atoms with Crippen molar-refractivity contribution in [2.75, 3.05) is 6.61 Å². The van der Waals surface area contributed by atoms with E-state index in [0.29, 0.717) is 11.3 Å². The van der Waals surface area contributed by atoms with Crippen molar-refractivity contribution < 1.29 is 19.4 Å². The predicted octanol–water partition coefficient (Wildman–Crippen LogP) is 1.87. The van der Waals surface area contributed by atoms with Crippen LogP contribution < -0.4 is 5.32 Å². The Morgan fingerprint density at radius 3 is 2.53 bits per heavy atom. The van der Waals surface area contributed by atoms with Gasteiger partial charge >= 0.3 is 11.9 Å². The number of carboxylic acids is 1. The number of allylic oxidation sites excluding steroid dienone is 1. The summed E-state index contributed by atoms with van der Waals surface area (Å²) in [4.78, 5) is 22.5. The molecule has 0 aliphatic carbocycles. The van der Waals surface area contributed by atoms with Gasteiger partial charge in [0.05, 0.1) is 6.61 Å². The first-order valence-electron chi connectivity index (χ1n) is 5.94. The van der Waals surface area contributed by atoms with Crippen LogP contribution in [0.1, 0.15) is 25.5 Å². The van der Waals surface area contributed by atoms with Crippen molar-refractivity contribution in [3.05, 3.63) is 47.7 Å². The van der Waals surface area contributed by atoms with Crippen molar-refractivity contribution in [3.63, 3.8) is 0 Å². The molecule has 1 rings (SSSR count). The highest BCUT2D eigenvalue weighted by Crippen LogP contribution is 2.14. The monoisotopic (exact) mass is 263 g/mol. The zero-order valence-electron chi connectivity index (χ0n) is 10.9. The minimum atomic E-state index is -1.01. The molecule has 1 aromatic carbocycles. The second-order valence-corrected chi connectivity index (χ2v) is 3.91. The molecular weight excluding hydrogens is 246 g/mol. The van der Waals surface area contributed by atoms with E-state index in [1.165, 1.54) is 6.08 Å². The summed E-state index contributed by atoms with van der Waals surface area (Å²) in [6.45, 7) is 3.61. The minimum absolute atomic E-state index is 0.281. The number of nitrogens with one attached hydrogen (secondary N) is 1. The van der Waals surface area contributed by atoms with Gasteiger partial charge in [0, 0.05) is 11.8 Å². The maximum atomic E-state index is 11.3. The highest BCUT2D eigenvalue weighted by Gasteiger charge is 2.19. The number of ether oxygens (including phenoxy) is 1. The second-order valence-electron chi connectivity index (χ2n) is 3.91. The normalized spacial score (nSPS) is 12.6. The maximum Gasteiger partial charge on any atom is 0.332 e. The Morgan fingerprint density at radius 1 is 1.37 bits per heavy atom. The third-order valence-electron chi connectivity index (χ3n) is 2.37. The Kier molecular flexibility index (Phi) is 5.60. The average molecular weight is 263 g/mol. The highest BCUT2D eigenvalue weighted by molar-refractivity contribution is 5.83. The topological polar surface area (TPSA) is 75.6 Å². The number of hydrogen-bond acceptors (Lipinski definition) is 4. The molecule has 5 heteroatoms. The van der Waals surface area contributed by atoms with Gasteiger partial charge in [0.25, 0.3) is 0 Å². The summed E-state index contributed by atoms with van der Waals surface area (Å²) in [5.74, 6) is -1.51. The Labute approximate surface area is 111 Å². The molecule has 0 heterocycles. The lowest BCUT2D eigenvalue weighted by Gasteiger charge is -2.16. The molecule has 0 saturated heterocycles. The SMILES string of the molecule is CCOC(=O)/C=C(/C)NC(C(=O)O)c1ccccc1. The number of benzene rings is 1. The van der Waals surface area contributed by atoms with E-state index in [9.17, 15) is 14.7 Å². The summed E-state index contributed by atoms with van der Waals surface area (Å²) in [5.41, 5.74) is 1.06. The van der Waals surface area contributed by atoms with Crippen molar-refractivity contribution in [1.82, 2.24) is 5.32 Å². The molecule has 0 radical (unpaired) electrons. The number of hydrogen-bond donors (Lipinski definition) is 2. The van der Waals surface area contributed by atoms with E-state index in [-0.39, 0.29) is 6.61 Å². The smallest absolute Gasteiger partial charge is 0.332 e. The van der Waals surface area contributed by atoms with Crippen LogP contribution in [0.3, 0.4) is 0 Å². The van der Waals surface area contributed by atoms with E-state index in [1.54, 1.807) is 38.1 Å². The zero-order valence-corrected chi connectivity index (χ0v) is 10.9. The highest BCUT2D eigenvalue weighted by atomic mass is 16.5. The van der Waals surface area contributed by atoms with Gasteiger partial charge in [0.1, 0.15) is 6.04 Å². The molecule has 0 spiro atoms. The van der Waals surface area contributed by atoms with Crippen LogP contribution in [0.2, 0.25) is 0 Å². The lowest BCUT2D eigenvalue weighted by atomic mass is 10.1. The van der Waals surface area contributed by atoms with Crippen molar-refractivity contribution >= 4 is 11.9 Å². The number of carbonyl (C=O) groups is 2. The lowest BCUT2D eigenvalue weighted by molar-refractivity contribution is -0.140. The molecule has 0 saturated carbocycles. The van der Waals surface area contributed by atoms with Gasteiger partial charge in [-0.15, -0.1) is 0 Å². The van der Waals surface area contributed by atoms with Crippen LogP contribution in [-0.4, -0.2) is 23.7 Å². The number of carbonyl (C=O) groups excluding carboxylic acids is 1. The van der Waals surface area contributed by atoms with E-state index in [0.717, 1.165) is 0 Å². The lowest BCUT2D eigenvalue weighted by Crippen LogP contribution is -2.27. The molecule has 0 amide bonds. The summed E-state index contributed by atoms with van der Waals surface area (Å²) in [5, 5.41) is 12.0. The average Bonchev–Trinajstić information content (AvgIpc) is 2.37. The Balaban J connectivity index is 2.81. The third-order valence-corrected chi connectivity index (χ3v) is 2.37. The van der Waals surface area contributed by atoms with Gasteiger partial charge in [0.15, 0.2) is 0 Å². The van der Waals surface area contributed by atoms with E-state index in [2.05, 4.69) is 5.32 Å². The summed E-state index contributed by atoms with van der Waals surface area (Å²) in [6, 6.07) is 7.86. The maximum absolute atomic E-state index is 11.3. The number of esters is 1. The summed E-state index contributed by atoms with van der Waals surface area (Å²) >= 11 is 0. The standard InChI is InChI=1S/C14H17NO4/c1-3-19-12(16)9-10(2)15-13(14(17)18)11-7-5-4-6-8-11/h4-9,13,15H,3H2,1-2H3,(H,17,18)/b10-9-. The van der Waals surface area contributed by atoms with Crippen molar-refractivity contribution in [3.8, 4) is 0 Å². The molecule has 0 aromatic heterocycles. The summed E-state index contributed by atoms with van der Waals surface area (Å²) < 4.78 is 4.76. The van der Waals surface area contributed by atoms with Gasteiger partial charge < -0.3 is 15.2 Å². The van der Waals surface area contributed by atoms with Gasteiger partial charge in [-0.1, -0.05) is 30.3 Å². The first-order chi connectivity index (χ1) is 9.04. The van der Waals surface area contributed by atoms with Crippen LogP contribution in [0.4, 0.5) is 0 Å². The molecule has 0 aliphatic heterocycles. The minimum Gasteiger partial charge on any atom is -0.479 e. The van der Waals surface area contributed by atoms with Crippen molar-refractivity contribution in [1.29, 1.82) is 0 Å². The quantitative estimate of drug-likeness (QED) is 0.605. The van der Waals surface area contributed by atoms with E-state index < -0.39 is 18.0 Å². The molecule has 0 aliphatic rings. The zero-order chi connectivity index (χ0) is 14.3. The molecule has 19 heavy (non-hydrogen) atoms. The Bertz CT molecular complexity index is 468. The van der Waals surface area contributed by atoms with Crippen LogP contribution in [0.15, 0.2) is 42.1 Å². The molecule has 102 valence electrons. The largest absolute Gasteiger partial charge is 0.479 e. The van der Waals surface area contributed by atoms with Gasteiger partial charge in [-0.05, 0) is 19.4 Å². The second kappa shape index (κ2) is 7.20. The van der Waals surface area contributed by atoms with Gasteiger partial charge in [-0.2, -0.15) is 0 Å². The predicted molar refractivity (Wildman–Crippen MR) is 70.3 cm³/mol. The van der Waals surface area contributed by atoms with Crippen LogP contribution in [0.25, 0.3) is 0 Å². The Hall–Kier alpha value is -2.30. The summed E-state index contributed by atoms with van der Waals surface area (Å²) in [6.07, 6.45) is 1.24. The van der Waals surface area contributed by atoms with Crippen molar-refractivity contribution in [2.24, 2.45) is 0 Å². The summed E-state index contributed by atoms with van der Waals surface area (Å²) in [7, 11) is 0. The van der Waals surface area contributed by atoms with Gasteiger partial charge in [0.2, 0.25) is 0 Å². The molecule has 0 bridgehead atoms. The molecule has 1 atom stereocenters. The molecule has 0 fully saturated rings. The Morgan fingerprint density at radius 2 is 2.00 bits per heavy atom. The number of carboxylic acid groups (broad SMARTS) is 1. The first kappa shape index (κ1) is 14.8. The van der Waals surface area contributed by atoms with Gasteiger partial charge in [-0.3, -0.25) is 0 Å². The van der Waals surface area contributed by atoms with Gasteiger partial charge in [-0.25, -0.2) is 9.59 Å². The fourth-order valence-corrected chi connectivity index (χ4v) is 1.56. The van der Waals surface area contributed by atoms with E-state index >= 15 is 0 Å². The molecular formula is C14H17NO4. The van der Waals surface area contributed by atoms with Crippen LogP contribution >= 0.6 is 0 Å². The molecule has 5 nitrogen and oxygen atoms in total. The molecule has 2 N–H and O–H groups in total. The van der Waals surface area contributed by atoms with Crippen LogP contribution in [0.5, 0.6) is 0 Å². The fraction of sp³-hybridized carbons (Fsp3) is 0.286. The first-order valence-corrected chi connectivity index (χ1v) is 5.94.